The van der Waals surface area contributed by atoms with E-state index >= 15 is 0 Å². The summed E-state index contributed by atoms with van der Waals surface area (Å²) in [5, 5.41) is 23.4. The van der Waals surface area contributed by atoms with Crippen molar-refractivity contribution in [2.45, 2.75) is 38.0 Å². The fraction of sp³-hybridized carbons (Fsp3) is 0.174. The number of carboxylic acids is 2. The van der Waals surface area contributed by atoms with Gasteiger partial charge < -0.3 is 30.3 Å². The van der Waals surface area contributed by atoms with Gasteiger partial charge in [0.05, 0.1) is 44.7 Å². The van der Waals surface area contributed by atoms with Crippen LogP contribution in [0.25, 0.3) is 22.5 Å². The SMILES string of the molecule is COc1ccc(C(=O)N[C@@H](CC(=O)O)c2ccccc2F)nc1-c1ccccc1C.COc1ccc(C(=O)N[C@@H](CC(=O)O)c2ccccc2F)nc1-c1ccccc1C(F)(F)F. The first-order chi connectivity index (χ1) is 30.0. The number of ether oxygens (including phenoxy) is 2. The average molecular weight is 871 g/mol. The molecular formula is C46H39F5N4O8. The first kappa shape index (κ1) is 46.4. The Balaban J connectivity index is 0.000000239. The zero-order valence-electron chi connectivity index (χ0n) is 33.7. The minimum absolute atomic E-state index is 0.000519. The van der Waals surface area contributed by atoms with Crippen LogP contribution in [-0.4, -0.2) is 58.2 Å². The second-order valence-corrected chi connectivity index (χ2v) is 13.6. The molecule has 0 aliphatic carbocycles. The summed E-state index contributed by atoms with van der Waals surface area (Å²) in [6.45, 7) is 1.92. The lowest BCUT2D eigenvalue weighted by Gasteiger charge is -2.19. The van der Waals surface area contributed by atoms with Gasteiger partial charge in [-0.05, 0) is 55.0 Å². The second kappa shape index (κ2) is 20.7. The van der Waals surface area contributed by atoms with E-state index in [-0.39, 0.29) is 39.5 Å². The summed E-state index contributed by atoms with van der Waals surface area (Å²) in [7, 11) is 2.76. The molecule has 0 aliphatic heterocycles. The highest BCUT2D eigenvalue weighted by molar-refractivity contribution is 5.94. The first-order valence-electron chi connectivity index (χ1n) is 18.9. The number of nitrogens with one attached hydrogen (secondary N) is 2. The molecule has 2 atom stereocenters. The van der Waals surface area contributed by atoms with E-state index in [0.717, 1.165) is 23.3 Å². The van der Waals surface area contributed by atoms with Gasteiger partial charge >= 0.3 is 18.1 Å². The Hall–Kier alpha value is -7.69. The van der Waals surface area contributed by atoms with Gasteiger partial charge in [0.1, 0.15) is 45.9 Å². The van der Waals surface area contributed by atoms with Crippen molar-refractivity contribution in [1.82, 2.24) is 20.6 Å². The average Bonchev–Trinajstić information content (AvgIpc) is 3.25. The van der Waals surface area contributed by atoms with Crippen molar-refractivity contribution in [1.29, 1.82) is 0 Å². The smallest absolute Gasteiger partial charge is 0.417 e. The molecule has 0 saturated heterocycles. The van der Waals surface area contributed by atoms with Gasteiger partial charge in [-0.3, -0.25) is 19.2 Å². The molecule has 0 radical (unpaired) electrons. The molecule has 4 aromatic carbocycles. The normalized spacial score (nSPS) is 11.9. The number of nitrogens with zero attached hydrogens (tertiary/aromatic N) is 2. The number of carboxylic acid groups (broad SMARTS) is 2. The number of hydrogen-bond acceptors (Lipinski definition) is 8. The minimum atomic E-state index is -4.68. The lowest BCUT2D eigenvalue weighted by atomic mass is 10.0. The van der Waals surface area contributed by atoms with Gasteiger partial charge in [0.15, 0.2) is 0 Å². The number of rotatable bonds is 14. The van der Waals surface area contributed by atoms with Crippen LogP contribution in [0, 0.1) is 18.6 Å². The Labute approximate surface area is 357 Å². The molecule has 2 heterocycles. The topological polar surface area (TPSA) is 177 Å². The number of halogens is 5. The Morgan fingerprint density at radius 1 is 0.587 bits per heavy atom. The van der Waals surface area contributed by atoms with Crippen LogP contribution in [0.3, 0.4) is 0 Å². The maximum Gasteiger partial charge on any atom is 0.417 e. The van der Waals surface area contributed by atoms with Gasteiger partial charge in [-0.1, -0.05) is 78.9 Å². The Morgan fingerprint density at radius 2 is 0.984 bits per heavy atom. The molecular weight excluding hydrogens is 832 g/mol. The summed E-state index contributed by atoms with van der Waals surface area (Å²) in [5.74, 6) is -4.76. The molecule has 0 unspecified atom stereocenters. The minimum Gasteiger partial charge on any atom is -0.494 e. The number of carbonyl (C=O) groups is 4. The predicted molar refractivity (Wildman–Crippen MR) is 220 cm³/mol. The number of amides is 2. The van der Waals surface area contributed by atoms with Crippen molar-refractivity contribution in [3.05, 3.63) is 167 Å². The molecule has 326 valence electrons. The highest BCUT2D eigenvalue weighted by Gasteiger charge is 2.35. The first-order valence-corrected chi connectivity index (χ1v) is 18.9. The second-order valence-electron chi connectivity index (χ2n) is 13.6. The number of pyridine rings is 2. The Morgan fingerprint density at radius 3 is 1.40 bits per heavy atom. The van der Waals surface area contributed by atoms with Gasteiger partial charge in [0, 0.05) is 22.3 Å². The van der Waals surface area contributed by atoms with Crippen LogP contribution < -0.4 is 20.1 Å². The Bertz CT molecular complexity index is 2620. The van der Waals surface area contributed by atoms with E-state index in [9.17, 15) is 51.3 Å². The molecule has 63 heavy (non-hydrogen) atoms. The van der Waals surface area contributed by atoms with Crippen LogP contribution in [0.2, 0.25) is 0 Å². The van der Waals surface area contributed by atoms with Gasteiger partial charge in [-0.25, -0.2) is 18.7 Å². The van der Waals surface area contributed by atoms with Gasteiger partial charge in [-0.2, -0.15) is 13.2 Å². The lowest BCUT2D eigenvalue weighted by Crippen LogP contribution is -2.31. The van der Waals surface area contributed by atoms with Crippen molar-refractivity contribution in [3.63, 3.8) is 0 Å². The van der Waals surface area contributed by atoms with Crippen LogP contribution in [0.5, 0.6) is 11.5 Å². The maximum absolute atomic E-state index is 14.2. The molecule has 4 N–H and O–H groups in total. The van der Waals surface area contributed by atoms with Crippen molar-refractivity contribution in [2.75, 3.05) is 14.2 Å². The summed E-state index contributed by atoms with van der Waals surface area (Å²) in [6, 6.07) is 26.7. The monoisotopic (exact) mass is 870 g/mol. The fourth-order valence-corrected chi connectivity index (χ4v) is 6.44. The molecule has 0 saturated carbocycles. The number of hydrogen-bond donors (Lipinski definition) is 4. The number of benzene rings is 4. The van der Waals surface area contributed by atoms with E-state index in [1.165, 1.54) is 87.0 Å². The summed E-state index contributed by atoms with van der Waals surface area (Å²) < 4.78 is 79.4. The van der Waals surface area contributed by atoms with E-state index in [1.54, 1.807) is 12.1 Å². The van der Waals surface area contributed by atoms with Crippen LogP contribution in [0.15, 0.2) is 121 Å². The molecule has 0 spiro atoms. The third-order valence-corrected chi connectivity index (χ3v) is 9.44. The summed E-state index contributed by atoms with van der Waals surface area (Å²) in [5.41, 5.74) is 0.579. The van der Waals surface area contributed by atoms with E-state index in [4.69, 9.17) is 9.47 Å². The summed E-state index contributed by atoms with van der Waals surface area (Å²) in [6.07, 6.45) is -5.76. The van der Waals surface area contributed by atoms with E-state index in [1.807, 2.05) is 31.2 Å². The molecule has 0 bridgehead atoms. The van der Waals surface area contributed by atoms with Crippen molar-refractivity contribution in [2.24, 2.45) is 0 Å². The molecule has 17 heteroatoms. The molecule has 2 aromatic heterocycles. The van der Waals surface area contributed by atoms with Crippen LogP contribution >= 0.6 is 0 Å². The number of carbonyl (C=O) groups excluding carboxylic acids is 2. The number of methoxy groups -OCH3 is 2. The number of aryl methyl sites for hydroxylation is 1. The van der Waals surface area contributed by atoms with Crippen molar-refractivity contribution < 1.29 is 60.8 Å². The van der Waals surface area contributed by atoms with Crippen LogP contribution in [-0.2, 0) is 15.8 Å². The lowest BCUT2D eigenvalue weighted by molar-refractivity contribution is -0.138. The predicted octanol–water partition coefficient (Wildman–Crippen LogP) is 9.01. The zero-order valence-corrected chi connectivity index (χ0v) is 33.7. The molecule has 6 aromatic rings. The molecule has 2 amide bonds. The molecule has 6 rings (SSSR count). The van der Waals surface area contributed by atoms with E-state index in [2.05, 4.69) is 20.6 Å². The number of alkyl halides is 3. The third kappa shape index (κ3) is 11.8. The van der Waals surface area contributed by atoms with Crippen molar-refractivity contribution in [3.8, 4) is 34.0 Å². The van der Waals surface area contributed by atoms with E-state index < -0.39 is 72.1 Å². The van der Waals surface area contributed by atoms with E-state index in [0.29, 0.717) is 11.4 Å². The maximum atomic E-state index is 14.2. The summed E-state index contributed by atoms with van der Waals surface area (Å²) >= 11 is 0. The largest absolute Gasteiger partial charge is 0.494 e. The third-order valence-electron chi connectivity index (χ3n) is 9.44. The van der Waals surface area contributed by atoms with Gasteiger partial charge in [0.25, 0.3) is 11.8 Å². The fourth-order valence-electron chi connectivity index (χ4n) is 6.44. The Kier molecular flexibility index (Phi) is 15.3. The molecule has 0 fully saturated rings. The highest BCUT2D eigenvalue weighted by atomic mass is 19.4. The van der Waals surface area contributed by atoms with Gasteiger partial charge in [-0.15, -0.1) is 0 Å². The quantitative estimate of drug-likeness (QED) is 0.0773. The number of aromatic nitrogens is 2. The standard InChI is InChI=1S/C23H18F4N2O4.C23H21FN2O4/c1-33-19-11-10-17(28-21(19)13-6-2-4-8-15(13)23(25,26)27)22(32)29-18(12-20(30)31)14-7-3-5-9-16(14)24;1-14-7-3-4-8-15(14)22-20(30-2)12-11-18(25-22)23(29)26-19(13-21(27)28)16-9-5-6-10-17(16)24/h2-11,18H,12H2,1H3,(H,29,32)(H,30,31);3-12,19H,13H2,1-2H3,(H,26,29)(H,27,28)/t18-;19-/m00/s1. The molecule has 12 nitrogen and oxygen atoms in total. The summed E-state index contributed by atoms with van der Waals surface area (Å²) in [4.78, 5) is 56.7. The van der Waals surface area contributed by atoms with Crippen molar-refractivity contribution >= 4 is 23.8 Å². The van der Waals surface area contributed by atoms with Gasteiger partial charge in [0.2, 0.25) is 0 Å². The number of aliphatic carboxylic acids is 2. The van der Waals surface area contributed by atoms with Crippen LogP contribution in [0.4, 0.5) is 22.0 Å². The molecule has 0 aliphatic rings. The zero-order chi connectivity index (χ0) is 45.8. The van der Waals surface area contributed by atoms with Crippen LogP contribution in [0.1, 0.15) is 68.2 Å². The highest BCUT2D eigenvalue weighted by Crippen LogP contribution is 2.39.